The minimum absolute atomic E-state index is 0.308. The second kappa shape index (κ2) is 8.53. The summed E-state index contributed by atoms with van der Waals surface area (Å²) in [4.78, 5) is 29.9. The Morgan fingerprint density at radius 1 is 1.00 bits per heavy atom. The Kier molecular flexibility index (Phi) is 6.20. The third kappa shape index (κ3) is 4.79. The van der Waals surface area contributed by atoms with Crippen molar-refractivity contribution < 1.29 is 23.8 Å². The molecule has 0 fully saturated rings. The highest BCUT2D eigenvalue weighted by Crippen LogP contribution is 2.47. The van der Waals surface area contributed by atoms with Gasteiger partial charge >= 0.3 is 11.9 Å². The van der Waals surface area contributed by atoms with Crippen molar-refractivity contribution >= 4 is 17.7 Å². The Balaban J connectivity index is 1.92. The zero-order chi connectivity index (χ0) is 22.8. The number of rotatable bonds is 5. The number of carbonyl (C=O) groups excluding carboxylic acids is 2. The first-order valence-electron chi connectivity index (χ1n) is 10.2. The molecule has 0 aromatic heterocycles. The summed E-state index contributed by atoms with van der Waals surface area (Å²) in [6.45, 7) is 7.37. The topological polar surface area (TPSA) is 74.2 Å². The SMILES string of the molecule is COC(=O)[C@@]1(C)CC(c2ccc(C(=O)OC(C)(C)C)cc2)=N[C@@H]1c1ccc(OC)cc1. The van der Waals surface area contributed by atoms with Gasteiger partial charge < -0.3 is 14.2 Å². The minimum Gasteiger partial charge on any atom is -0.497 e. The van der Waals surface area contributed by atoms with Crippen molar-refractivity contribution in [1.29, 1.82) is 0 Å². The average molecular weight is 424 g/mol. The van der Waals surface area contributed by atoms with Crippen LogP contribution >= 0.6 is 0 Å². The smallest absolute Gasteiger partial charge is 0.338 e. The number of nitrogens with zero attached hydrogens (tertiary/aromatic N) is 1. The van der Waals surface area contributed by atoms with Gasteiger partial charge in [0, 0.05) is 12.1 Å². The van der Waals surface area contributed by atoms with E-state index in [1.165, 1.54) is 7.11 Å². The number of hydrogen-bond donors (Lipinski definition) is 0. The van der Waals surface area contributed by atoms with Crippen LogP contribution in [0.5, 0.6) is 5.75 Å². The van der Waals surface area contributed by atoms with Gasteiger partial charge in [0.05, 0.1) is 31.2 Å². The molecule has 0 saturated carbocycles. The van der Waals surface area contributed by atoms with E-state index in [9.17, 15) is 9.59 Å². The van der Waals surface area contributed by atoms with Crippen LogP contribution in [-0.2, 0) is 14.3 Å². The van der Waals surface area contributed by atoms with Gasteiger partial charge in [0.25, 0.3) is 0 Å². The molecule has 0 amide bonds. The van der Waals surface area contributed by atoms with E-state index in [-0.39, 0.29) is 18.0 Å². The van der Waals surface area contributed by atoms with Crippen molar-refractivity contribution in [3.05, 3.63) is 65.2 Å². The van der Waals surface area contributed by atoms with Crippen molar-refractivity contribution in [2.75, 3.05) is 14.2 Å². The molecule has 1 aliphatic rings. The summed E-state index contributed by atoms with van der Waals surface area (Å²) in [5.41, 5.74) is 1.65. The maximum Gasteiger partial charge on any atom is 0.338 e. The number of methoxy groups -OCH3 is 2. The van der Waals surface area contributed by atoms with Crippen LogP contribution in [0.25, 0.3) is 0 Å². The molecular formula is C25H29NO5. The molecule has 2 atom stereocenters. The predicted molar refractivity (Wildman–Crippen MR) is 119 cm³/mol. The molecule has 2 aromatic rings. The predicted octanol–water partition coefficient (Wildman–Crippen LogP) is 4.76. The van der Waals surface area contributed by atoms with Crippen molar-refractivity contribution in [1.82, 2.24) is 0 Å². The quantitative estimate of drug-likeness (QED) is 0.648. The van der Waals surface area contributed by atoms with E-state index >= 15 is 0 Å². The first-order valence-corrected chi connectivity index (χ1v) is 10.2. The van der Waals surface area contributed by atoms with Crippen LogP contribution in [0.15, 0.2) is 53.5 Å². The first kappa shape index (κ1) is 22.5. The molecule has 0 bridgehead atoms. The summed E-state index contributed by atoms with van der Waals surface area (Å²) in [5.74, 6) is 0.0591. The summed E-state index contributed by atoms with van der Waals surface area (Å²) >= 11 is 0. The molecule has 0 aliphatic carbocycles. The molecule has 1 heterocycles. The summed E-state index contributed by atoms with van der Waals surface area (Å²) in [7, 11) is 3.01. The normalized spacial score (nSPS) is 20.7. The molecule has 31 heavy (non-hydrogen) atoms. The van der Waals surface area contributed by atoms with Gasteiger partial charge in [-0.2, -0.15) is 0 Å². The standard InChI is InChI=1S/C25H29NO5/c1-24(2,3)31-22(27)18-9-7-16(8-10-18)20-15-25(4,23(28)30-6)21(26-20)17-11-13-19(29-5)14-12-17/h7-14,21H,15H2,1-6H3/t21-,25+/m1/s1. The lowest BCUT2D eigenvalue weighted by Crippen LogP contribution is -2.32. The Morgan fingerprint density at radius 2 is 1.61 bits per heavy atom. The Hall–Kier alpha value is -3.15. The van der Waals surface area contributed by atoms with Gasteiger partial charge in [0.1, 0.15) is 11.4 Å². The largest absolute Gasteiger partial charge is 0.497 e. The number of aliphatic imine (C=N–C) groups is 1. The monoisotopic (exact) mass is 423 g/mol. The zero-order valence-electron chi connectivity index (χ0n) is 18.9. The summed E-state index contributed by atoms with van der Waals surface area (Å²) < 4.78 is 15.8. The molecule has 0 radical (unpaired) electrons. The average Bonchev–Trinajstić information content (AvgIpc) is 3.10. The lowest BCUT2D eigenvalue weighted by molar-refractivity contribution is -0.152. The highest BCUT2D eigenvalue weighted by molar-refractivity contribution is 6.06. The highest BCUT2D eigenvalue weighted by Gasteiger charge is 2.48. The Morgan fingerprint density at radius 3 is 2.13 bits per heavy atom. The fourth-order valence-corrected chi connectivity index (χ4v) is 3.75. The fourth-order valence-electron chi connectivity index (χ4n) is 3.75. The summed E-state index contributed by atoms with van der Waals surface area (Å²) in [5, 5.41) is 0. The summed E-state index contributed by atoms with van der Waals surface area (Å²) in [6, 6.07) is 14.3. The molecule has 164 valence electrons. The first-order chi connectivity index (χ1) is 14.6. The molecule has 6 heteroatoms. The van der Waals surface area contributed by atoms with E-state index < -0.39 is 11.0 Å². The van der Waals surface area contributed by atoms with E-state index in [1.807, 2.05) is 64.1 Å². The van der Waals surface area contributed by atoms with Gasteiger partial charge in [-0.3, -0.25) is 9.79 Å². The number of benzene rings is 2. The lowest BCUT2D eigenvalue weighted by Gasteiger charge is -2.27. The second-order valence-electron chi connectivity index (χ2n) is 8.92. The van der Waals surface area contributed by atoms with Crippen LogP contribution in [0.2, 0.25) is 0 Å². The number of esters is 2. The number of hydrogen-bond acceptors (Lipinski definition) is 6. The van der Waals surface area contributed by atoms with Gasteiger partial charge in [-0.25, -0.2) is 4.79 Å². The third-order valence-electron chi connectivity index (χ3n) is 5.36. The van der Waals surface area contributed by atoms with Crippen molar-refractivity contribution in [3.8, 4) is 5.75 Å². The molecular weight excluding hydrogens is 394 g/mol. The zero-order valence-corrected chi connectivity index (χ0v) is 18.9. The maximum atomic E-state index is 12.7. The van der Waals surface area contributed by atoms with E-state index in [0.29, 0.717) is 12.0 Å². The van der Waals surface area contributed by atoms with Crippen molar-refractivity contribution in [2.45, 2.75) is 45.8 Å². The molecule has 0 saturated heterocycles. The molecule has 3 rings (SSSR count). The molecule has 0 unspecified atom stereocenters. The van der Waals surface area contributed by atoms with Crippen LogP contribution in [0.1, 0.15) is 61.6 Å². The lowest BCUT2D eigenvalue weighted by atomic mass is 9.77. The Bertz CT molecular complexity index is 986. The maximum absolute atomic E-state index is 12.7. The van der Waals surface area contributed by atoms with Gasteiger partial charge in [-0.05, 0) is 63.1 Å². The van der Waals surface area contributed by atoms with Gasteiger partial charge in [-0.15, -0.1) is 0 Å². The molecule has 1 aliphatic heterocycles. The van der Waals surface area contributed by atoms with E-state index in [1.54, 1.807) is 19.2 Å². The third-order valence-corrected chi connectivity index (χ3v) is 5.36. The molecule has 0 spiro atoms. The minimum atomic E-state index is -0.831. The van der Waals surface area contributed by atoms with Crippen molar-refractivity contribution in [2.24, 2.45) is 10.4 Å². The number of ether oxygens (including phenoxy) is 3. The van der Waals surface area contributed by atoms with Crippen LogP contribution in [0.4, 0.5) is 0 Å². The highest BCUT2D eigenvalue weighted by atomic mass is 16.6. The van der Waals surface area contributed by atoms with Gasteiger partial charge in [0.2, 0.25) is 0 Å². The molecule has 0 N–H and O–H groups in total. The summed E-state index contributed by atoms with van der Waals surface area (Å²) in [6.07, 6.45) is 0.433. The van der Waals surface area contributed by atoms with Crippen LogP contribution in [0, 0.1) is 5.41 Å². The molecule has 6 nitrogen and oxygen atoms in total. The Labute approximate surface area is 183 Å². The van der Waals surface area contributed by atoms with Gasteiger partial charge in [-0.1, -0.05) is 24.3 Å². The molecule has 2 aromatic carbocycles. The van der Waals surface area contributed by atoms with Crippen LogP contribution < -0.4 is 4.74 Å². The van der Waals surface area contributed by atoms with E-state index in [4.69, 9.17) is 19.2 Å². The fraction of sp³-hybridized carbons (Fsp3) is 0.400. The van der Waals surface area contributed by atoms with Crippen molar-refractivity contribution in [3.63, 3.8) is 0 Å². The van der Waals surface area contributed by atoms with Crippen LogP contribution in [-0.4, -0.2) is 37.5 Å². The van der Waals surface area contributed by atoms with Crippen LogP contribution in [0.3, 0.4) is 0 Å². The van der Waals surface area contributed by atoms with Gasteiger partial charge in [0.15, 0.2) is 0 Å². The van der Waals surface area contributed by atoms with E-state index in [2.05, 4.69) is 0 Å². The van der Waals surface area contributed by atoms with E-state index in [0.717, 1.165) is 22.6 Å². The number of carbonyl (C=O) groups is 2. The second-order valence-corrected chi connectivity index (χ2v) is 8.92.